The molecule has 0 unspecified atom stereocenters. The van der Waals surface area contributed by atoms with Crippen molar-refractivity contribution >= 4 is 16.1 Å². The Labute approximate surface area is 477 Å². The second kappa shape index (κ2) is 36.1. The predicted molar refractivity (Wildman–Crippen MR) is 287 cm³/mol. The second-order valence-corrected chi connectivity index (χ2v) is 30.2. The Morgan fingerprint density at radius 2 is 0.628 bits per heavy atom. The van der Waals surface area contributed by atoms with E-state index in [4.69, 9.17) is 24.5 Å². The van der Waals surface area contributed by atoms with Crippen LogP contribution in [0.4, 0.5) is 26.3 Å². The fourth-order valence-corrected chi connectivity index (χ4v) is 18.8. The summed E-state index contributed by atoms with van der Waals surface area (Å²) >= 11 is -8.27. The van der Waals surface area contributed by atoms with E-state index in [2.05, 4.69) is 27.7 Å². The van der Waals surface area contributed by atoms with Crippen molar-refractivity contribution in [2.75, 3.05) is 26.4 Å². The minimum atomic E-state index is -6.96. The topological polar surface area (TPSA) is 107 Å². The summed E-state index contributed by atoms with van der Waals surface area (Å²) in [4.78, 5) is 13.5. The summed E-state index contributed by atoms with van der Waals surface area (Å²) in [7, 11) is -6.96. The van der Waals surface area contributed by atoms with E-state index in [9.17, 15) is 13.2 Å². The number of alkyl halides is 6. The molecule has 2 radical (unpaired) electrons. The molecule has 0 atom stereocenters. The molecule has 4 rings (SSSR count). The Bertz CT molecular complexity index is 2240. The molecule has 0 N–H and O–H groups in total. The molecule has 18 heteroatoms. The maximum atomic E-state index is 16.2. The lowest BCUT2D eigenvalue weighted by atomic mass is 10.1. The predicted octanol–water partition coefficient (Wildman–Crippen LogP) is 11.3. The van der Waals surface area contributed by atoms with Crippen LogP contribution in [0.15, 0.2) is 97.1 Å². The summed E-state index contributed by atoms with van der Waals surface area (Å²) in [5.74, 6) is -14.7. The van der Waals surface area contributed by atoms with Crippen LogP contribution in [0.2, 0.25) is 0 Å². The van der Waals surface area contributed by atoms with Crippen molar-refractivity contribution in [3.8, 4) is 23.0 Å². The minimum absolute atomic E-state index is 0.0491. The van der Waals surface area contributed by atoms with Crippen molar-refractivity contribution in [2.24, 2.45) is 0 Å². The van der Waals surface area contributed by atoms with Crippen molar-refractivity contribution in [1.82, 2.24) is 0 Å². The zero-order chi connectivity index (χ0) is 56.7. The van der Waals surface area contributed by atoms with Crippen molar-refractivity contribution in [2.45, 2.75) is 199 Å². The third-order valence-corrected chi connectivity index (χ3v) is 24.7. The van der Waals surface area contributed by atoms with E-state index in [1.807, 2.05) is 0 Å². The fourth-order valence-electron chi connectivity index (χ4n) is 7.99. The number of carbonyl (C=O) groups is 1. The molecule has 0 heterocycles. The largest absolute Gasteiger partial charge is 0.494 e. The molecule has 0 aromatic heterocycles. The third kappa shape index (κ3) is 21.8. The highest BCUT2D eigenvalue weighted by molar-refractivity contribution is 7.87. The molecule has 0 amide bonds. The molecular weight excluding hydrogens is 1260 g/mol. The smallest absolute Gasteiger partial charge is 0.442 e. The van der Waals surface area contributed by atoms with Gasteiger partial charge in [-0.2, -0.15) is 34.8 Å². The van der Waals surface area contributed by atoms with E-state index in [0.29, 0.717) is 49.4 Å². The van der Waals surface area contributed by atoms with E-state index >= 15 is 26.3 Å². The number of hydrogen-bond acceptors (Lipinski definition) is 9. The van der Waals surface area contributed by atoms with Crippen LogP contribution in [-0.4, -0.2) is 57.9 Å². The van der Waals surface area contributed by atoms with Crippen molar-refractivity contribution in [3.05, 3.63) is 111 Å². The summed E-state index contributed by atoms with van der Waals surface area (Å²) < 4.78 is 158. The first kappa shape index (κ1) is 67.0. The van der Waals surface area contributed by atoms with E-state index in [1.165, 1.54) is 97.1 Å². The molecule has 438 valence electrons. The zero-order valence-corrected chi connectivity index (χ0v) is 51.3. The molecule has 0 bridgehead atoms. The first-order chi connectivity index (χ1) is 37.5. The van der Waals surface area contributed by atoms with Gasteiger partial charge in [-0.1, -0.05) is 156 Å². The number of hydrogen-bond donors (Lipinski definition) is 0. The number of ether oxygens (including phenoxy) is 4. The van der Waals surface area contributed by atoms with Crippen LogP contribution < -0.4 is 59.4 Å². The van der Waals surface area contributed by atoms with Crippen molar-refractivity contribution in [1.29, 1.82) is 0 Å². The molecule has 0 saturated carbocycles. The van der Waals surface area contributed by atoms with Gasteiger partial charge in [-0.05, 0) is 125 Å². The Morgan fingerprint density at radius 3 is 0.897 bits per heavy atom. The van der Waals surface area contributed by atoms with E-state index in [0.717, 1.165) is 154 Å². The van der Waals surface area contributed by atoms with Gasteiger partial charge < -0.3 is 18.9 Å². The Morgan fingerprint density at radius 1 is 0.385 bits per heavy atom. The summed E-state index contributed by atoms with van der Waals surface area (Å²) in [5.41, 5.74) is 0. The lowest BCUT2D eigenvalue weighted by Crippen LogP contribution is -3.85. The lowest BCUT2D eigenvalue weighted by molar-refractivity contribution is -1.04. The molecule has 0 aliphatic carbocycles. The Kier molecular flexibility index (Phi) is 31.0. The van der Waals surface area contributed by atoms with Crippen molar-refractivity contribution in [3.63, 3.8) is 0 Å². The van der Waals surface area contributed by atoms with E-state index in [1.54, 1.807) is 0 Å². The van der Waals surface area contributed by atoms with Gasteiger partial charge in [0, 0.05) is 0 Å². The van der Waals surface area contributed by atoms with Gasteiger partial charge in [0.15, 0.2) is 14.3 Å². The van der Waals surface area contributed by atoms with Crippen LogP contribution in [0.5, 0.6) is 23.0 Å². The molecule has 0 saturated heterocycles. The van der Waals surface area contributed by atoms with Gasteiger partial charge >= 0.3 is 73.7 Å². The Balaban J connectivity index is 1.58. The number of carbonyl (C=O) groups excluding carboxylic acids is 1. The lowest BCUT2D eigenvalue weighted by Gasteiger charge is -2.28. The number of unbranched alkanes of at least 4 members (excludes halogenated alkanes) is 20. The molecule has 4 aromatic carbocycles. The van der Waals surface area contributed by atoms with Gasteiger partial charge in [0.1, 0.15) is 23.0 Å². The summed E-state index contributed by atoms with van der Waals surface area (Å²) in [6, 6.07) is 23.2. The number of benzene rings is 4. The minimum Gasteiger partial charge on any atom is -0.494 e. The number of rotatable bonds is 43. The standard InChI is InChI=1S/C60H84F6I2O9S/c1-5-9-13-17-21-25-45-72-53-37-29-49(30-38-53)67(50-31-39-54(40-32-50)73-46-26-22-18-14-10-6-2)76-57(69)58(61,62)59(63,64)60(65,66)78(70,71)77-68(51-33-41-55(42-34-51)74-47-27-23-19-15-11-7-3)52-35-43-56(44-36-52)75-48-28-24-20-16-12-8-4/h29-44H,5-28,45-48H2,1-4H3/q+2. The van der Waals surface area contributed by atoms with Gasteiger partial charge in [-0.25, -0.2) is 7.86 Å². The first-order valence-corrected chi connectivity index (χ1v) is 35.6. The average Bonchev–Trinajstić information content (AvgIpc) is 3.57. The quantitative estimate of drug-likeness (QED) is 0.0243. The average molecular weight is 1350 g/mol. The van der Waals surface area contributed by atoms with Gasteiger partial charge in [0.05, 0.1) is 26.4 Å². The fraction of sp³-hybridized carbons (Fsp3) is 0.583. The van der Waals surface area contributed by atoms with Crippen LogP contribution in [-0.2, 0) is 20.5 Å². The van der Waals surface area contributed by atoms with Crippen LogP contribution in [0, 0.1) is 14.3 Å². The zero-order valence-electron chi connectivity index (χ0n) is 46.1. The molecule has 0 aliphatic heterocycles. The molecule has 0 aliphatic rings. The normalized spacial score (nSPS) is 12.3. The summed E-state index contributed by atoms with van der Waals surface area (Å²) in [5, 5.41) is -6.65. The van der Waals surface area contributed by atoms with Gasteiger partial charge in [0.2, 0.25) is 0 Å². The van der Waals surface area contributed by atoms with Crippen LogP contribution in [0.3, 0.4) is 0 Å². The van der Waals surface area contributed by atoms with Crippen molar-refractivity contribution < 1.29 is 105 Å². The SMILES string of the molecule is CCCCCCCCOc1ccc([I+](OC(=O)C(F)(F)C(F)(F)C(F)(F)S(=O)(=O)O[I+](c2ccc(OCCCCCCCC)cc2)c2ccc(OCCCCCCCC)cc2)c2ccc(OCCCCCCCC)cc2)cc1. The third-order valence-electron chi connectivity index (χ3n) is 12.7. The molecule has 0 spiro atoms. The highest BCUT2D eigenvalue weighted by atomic mass is 127. The highest BCUT2D eigenvalue weighted by Gasteiger charge is 2.83. The number of halogens is 8. The monoisotopic (exact) mass is 1350 g/mol. The van der Waals surface area contributed by atoms with Crippen LogP contribution >= 0.6 is 0 Å². The second-order valence-electron chi connectivity index (χ2n) is 19.3. The Hall–Kier alpha value is -3.50. The van der Waals surface area contributed by atoms with Gasteiger partial charge in [-0.3, -0.25) is 0 Å². The van der Waals surface area contributed by atoms with Crippen LogP contribution in [0.25, 0.3) is 0 Å². The maximum Gasteiger partial charge on any atom is 0.442 e. The highest BCUT2D eigenvalue weighted by Crippen LogP contribution is 2.49. The van der Waals surface area contributed by atoms with E-state index in [-0.39, 0.29) is 14.3 Å². The summed E-state index contributed by atoms with van der Waals surface area (Å²) in [6.45, 7) is 10.1. The van der Waals surface area contributed by atoms with Gasteiger partial charge in [-0.15, -0.1) is 0 Å². The molecular formula is C60H84F6I2O9S+2. The maximum absolute atomic E-state index is 16.2. The molecule has 78 heavy (non-hydrogen) atoms. The first-order valence-electron chi connectivity index (χ1n) is 28.1. The molecule has 4 aromatic rings. The van der Waals surface area contributed by atoms with Crippen LogP contribution in [0.1, 0.15) is 182 Å². The van der Waals surface area contributed by atoms with Gasteiger partial charge in [0.25, 0.3) is 0 Å². The molecule has 0 fully saturated rings. The molecule has 9 nitrogen and oxygen atoms in total. The van der Waals surface area contributed by atoms with E-state index < -0.39 is 73.7 Å². The summed E-state index contributed by atoms with van der Waals surface area (Å²) in [6.07, 6.45) is 24.6.